The minimum atomic E-state index is -3.56. The van der Waals surface area contributed by atoms with Gasteiger partial charge in [0.25, 0.3) is 0 Å². The van der Waals surface area contributed by atoms with Gasteiger partial charge in [-0.1, -0.05) is 13.3 Å². The van der Waals surface area contributed by atoms with E-state index in [9.17, 15) is 13.5 Å². The number of sulfonamides is 1. The Morgan fingerprint density at radius 3 is 2.52 bits per heavy atom. The highest BCUT2D eigenvalue weighted by Gasteiger charge is 2.25. The summed E-state index contributed by atoms with van der Waals surface area (Å²) in [5, 5.41) is 9.38. The minimum absolute atomic E-state index is 0.0656. The third kappa shape index (κ3) is 4.18. The molecule has 21 heavy (non-hydrogen) atoms. The maximum absolute atomic E-state index is 12.6. The van der Waals surface area contributed by atoms with Crippen molar-refractivity contribution in [3.05, 3.63) is 23.8 Å². The van der Waals surface area contributed by atoms with E-state index in [2.05, 4.69) is 0 Å². The first-order chi connectivity index (χ1) is 9.88. The number of hydrogen-bond donors (Lipinski definition) is 1. The summed E-state index contributed by atoms with van der Waals surface area (Å²) in [6, 6.07) is 4.54. The standard InChI is InChI=1S/C15H25NO4S/c1-5-7-12(3)16(4)21(18,19)14-8-9-15(20-6-2)13(10-14)11-17/h8-10,12,17H,5-7,11H2,1-4H3. The molecule has 6 heteroatoms. The molecule has 1 N–H and O–H groups in total. The van der Waals surface area contributed by atoms with Gasteiger partial charge in [-0.3, -0.25) is 0 Å². The van der Waals surface area contributed by atoms with Crippen molar-refractivity contribution < 1.29 is 18.3 Å². The molecule has 1 aromatic carbocycles. The van der Waals surface area contributed by atoms with Gasteiger partial charge in [-0.05, 0) is 38.5 Å². The molecule has 0 aliphatic heterocycles. The fourth-order valence-electron chi connectivity index (χ4n) is 2.14. The van der Waals surface area contributed by atoms with Crippen molar-refractivity contribution in [2.24, 2.45) is 0 Å². The lowest BCUT2D eigenvalue weighted by molar-refractivity contribution is 0.266. The normalized spacial score (nSPS) is 13.4. The molecule has 1 atom stereocenters. The molecule has 0 aliphatic carbocycles. The first-order valence-corrected chi connectivity index (χ1v) is 8.67. The summed E-state index contributed by atoms with van der Waals surface area (Å²) in [6.45, 7) is 5.96. The van der Waals surface area contributed by atoms with Gasteiger partial charge in [-0.25, -0.2) is 8.42 Å². The summed E-state index contributed by atoms with van der Waals surface area (Å²) in [7, 11) is -1.97. The second-order valence-electron chi connectivity index (χ2n) is 5.02. The van der Waals surface area contributed by atoms with Crippen LogP contribution in [-0.4, -0.2) is 37.5 Å². The Balaban J connectivity index is 3.14. The SMILES string of the molecule is CCCC(C)N(C)S(=O)(=O)c1ccc(OCC)c(CO)c1. The predicted molar refractivity (Wildman–Crippen MR) is 82.9 cm³/mol. The van der Waals surface area contributed by atoms with E-state index in [1.165, 1.54) is 16.4 Å². The lowest BCUT2D eigenvalue weighted by atomic mass is 10.2. The zero-order valence-corrected chi connectivity index (χ0v) is 14.0. The van der Waals surface area contributed by atoms with Crippen molar-refractivity contribution in [2.45, 2.75) is 51.2 Å². The molecular formula is C15H25NO4S. The topological polar surface area (TPSA) is 66.8 Å². The van der Waals surface area contributed by atoms with Crippen molar-refractivity contribution in [3.8, 4) is 5.75 Å². The van der Waals surface area contributed by atoms with E-state index in [0.717, 1.165) is 12.8 Å². The van der Waals surface area contributed by atoms with Crippen LogP contribution in [0.15, 0.2) is 23.1 Å². The van der Waals surface area contributed by atoms with Crippen molar-refractivity contribution >= 4 is 10.0 Å². The fourth-order valence-corrected chi connectivity index (χ4v) is 3.58. The second kappa shape index (κ2) is 7.77. The van der Waals surface area contributed by atoms with Crippen LogP contribution in [0, 0.1) is 0 Å². The Bertz CT molecular complexity index is 557. The third-order valence-corrected chi connectivity index (χ3v) is 5.47. The quantitative estimate of drug-likeness (QED) is 0.800. The zero-order chi connectivity index (χ0) is 16.0. The van der Waals surface area contributed by atoms with Gasteiger partial charge >= 0.3 is 0 Å². The van der Waals surface area contributed by atoms with Crippen molar-refractivity contribution in [1.29, 1.82) is 0 Å². The van der Waals surface area contributed by atoms with Crippen LogP contribution >= 0.6 is 0 Å². The smallest absolute Gasteiger partial charge is 0.243 e. The van der Waals surface area contributed by atoms with E-state index < -0.39 is 10.0 Å². The number of benzene rings is 1. The molecule has 0 spiro atoms. The lowest BCUT2D eigenvalue weighted by Gasteiger charge is -2.24. The van der Waals surface area contributed by atoms with E-state index >= 15 is 0 Å². The maximum atomic E-state index is 12.6. The zero-order valence-electron chi connectivity index (χ0n) is 13.2. The van der Waals surface area contributed by atoms with Crippen LogP contribution in [0.3, 0.4) is 0 Å². The molecule has 0 heterocycles. The summed E-state index contributed by atoms with van der Waals surface area (Å²) in [6.07, 6.45) is 1.73. The van der Waals surface area contributed by atoms with E-state index in [0.29, 0.717) is 17.9 Å². The van der Waals surface area contributed by atoms with E-state index in [4.69, 9.17) is 4.74 Å². The Hall–Kier alpha value is -1.11. The van der Waals surface area contributed by atoms with Gasteiger partial charge in [0.2, 0.25) is 10.0 Å². The average Bonchev–Trinajstić information content (AvgIpc) is 2.47. The van der Waals surface area contributed by atoms with Crippen LogP contribution in [-0.2, 0) is 16.6 Å². The maximum Gasteiger partial charge on any atom is 0.243 e. The van der Waals surface area contributed by atoms with Crippen LogP contribution in [0.1, 0.15) is 39.2 Å². The lowest BCUT2D eigenvalue weighted by Crippen LogP contribution is -2.35. The summed E-state index contributed by atoms with van der Waals surface area (Å²) < 4.78 is 31.9. The Labute approximate surface area is 127 Å². The fraction of sp³-hybridized carbons (Fsp3) is 0.600. The first-order valence-electron chi connectivity index (χ1n) is 7.23. The number of aliphatic hydroxyl groups excluding tert-OH is 1. The molecule has 0 fully saturated rings. The Kier molecular flexibility index (Phi) is 6.64. The summed E-state index contributed by atoms with van der Waals surface area (Å²) in [4.78, 5) is 0.181. The molecule has 0 radical (unpaired) electrons. The Morgan fingerprint density at radius 1 is 1.33 bits per heavy atom. The van der Waals surface area contributed by atoms with Crippen LogP contribution in [0.5, 0.6) is 5.75 Å². The van der Waals surface area contributed by atoms with Gasteiger partial charge in [0.15, 0.2) is 0 Å². The predicted octanol–water partition coefficient (Wildman–Crippen LogP) is 2.39. The first kappa shape index (κ1) is 17.9. The molecule has 0 bridgehead atoms. The minimum Gasteiger partial charge on any atom is -0.494 e. The number of ether oxygens (including phenoxy) is 1. The highest BCUT2D eigenvalue weighted by Crippen LogP contribution is 2.25. The molecule has 120 valence electrons. The molecular weight excluding hydrogens is 290 g/mol. The van der Waals surface area contributed by atoms with E-state index in [1.807, 2.05) is 20.8 Å². The van der Waals surface area contributed by atoms with Gasteiger partial charge in [0.1, 0.15) is 5.75 Å². The van der Waals surface area contributed by atoms with Crippen molar-refractivity contribution in [1.82, 2.24) is 4.31 Å². The molecule has 0 saturated carbocycles. The molecule has 0 saturated heterocycles. The monoisotopic (exact) mass is 315 g/mol. The molecule has 5 nitrogen and oxygen atoms in total. The summed E-state index contributed by atoms with van der Waals surface area (Å²) in [5.74, 6) is 0.517. The highest BCUT2D eigenvalue weighted by atomic mass is 32.2. The largest absolute Gasteiger partial charge is 0.494 e. The molecule has 1 rings (SSSR count). The number of nitrogens with zero attached hydrogens (tertiary/aromatic N) is 1. The third-order valence-electron chi connectivity index (χ3n) is 3.51. The van der Waals surface area contributed by atoms with E-state index in [-0.39, 0.29) is 17.5 Å². The second-order valence-corrected chi connectivity index (χ2v) is 7.02. The average molecular weight is 315 g/mol. The van der Waals surface area contributed by atoms with Crippen LogP contribution in [0.2, 0.25) is 0 Å². The van der Waals surface area contributed by atoms with Crippen LogP contribution in [0.25, 0.3) is 0 Å². The molecule has 0 aliphatic rings. The van der Waals surface area contributed by atoms with Gasteiger partial charge < -0.3 is 9.84 Å². The van der Waals surface area contributed by atoms with Gasteiger partial charge in [0, 0.05) is 18.7 Å². The molecule has 1 aromatic rings. The van der Waals surface area contributed by atoms with Crippen molar-refractivity contribution in [2.75, 3.05) is 13.7 Å². The molecule has 0 aromatic heterocycles. The summed E-state index contributed by atoms with van der Waals surface area (Å²) in [5.41, 5.74) is 0.481. The molecule has 1 unspecified atom stereocenters. The van der Waals surface area contributed by atoms with Gasteiger partial charge in [-0.2, -0.15) is 4.31 Å². The highest BCUT2D eigenvalue weighted by molar-refractivity contribution is 7.89. The number of aliphatic hydroxyl groups is 1. The van der Waals surface area contributed by atoms with Crippen molar-refractivity contribution in [3.63, 3.8) is 0 Å². The van der Waals surface area contributed by atoms with Crippen LogP contribution in [0.4, 0.5) is 0 Å². The number of rotatable bonds is 8. The molecule has 0 amide bonds. The van der Waals surface area contributed by atoms with Gasteiger partial charge in [-0.15, -0.1) is 0 Å². The number of hydrogen-bond acceptors (Lipinski definition) is 4. The van der Waals surface area contributed by atoms with E-state index in [1.54, 1.807) is 13.1 Å². The Morgan fingerprint density at radius 2 is 2.00 bits per heavy atom. The van der Waals surface area contributed by atoms with Crippen LogP contribution < -0.4 is 4.74 Å². The van der Waals surface area contributed by atoms with Gasteiger partial charge in [0.05, 0.1) is 18.1 Å². The summed E-state index contributed by atoms with van der Waals surface area (Å²) >= 11 is 0.